The molecule has 0 bridgehead atoms. The van der Waals surface area contributed by atoms with E-state index < -0.39 is 0 Å². The molecule has 3 unspecified atom stereocenters. The molecule has 0 aliphatic carbocycles. The molecule has 3 heterocycles. The van der Waals surface area contributed by atoms with E-state index in [2.05, 4.69) is 17.0 Å². The van der Waals surface area contributed by atoms with Crippen LogP contribution in [0.3, 0.4) is 0 Å². The fraction of sp³-hybridized carbons (Fsp3) is 0.550. The number of hydrogen-bond donors (Lipinski definition) is 1. The quantitative estimate of drug-likeness (QED) is 0.888. The molecule has 6 heteroatoms. The van der Waals surface area contributed by atoms with Crippen LogP contribution in [0.5, 0.6) is 11.5 Å². The average Bonchev–Trinajstić information content (AvgIpc) is 2.67. The lowest BCUT2D eigenvalue weighted by Crippen LogP contribution is -2.61. The van der Waals surface area contributed by atoms with Crippen molar-refractivity contribution in [3.8, 4) is 11.5 Å². The average molecular weight is 357 g/mol. The van der Waals surface area contributed by atoms with E-state index in [-0.39, 0.29) is 24.0 Å². The van der Waals surface area contributed by atoms with Crippen LogP contribution < -0.4 is 15.2 Å². The van der Waals surface area contributed by atoms with Gasteiger partial charge in [0.1, 0.15) is 0 Å². The molecule has 6 nitrogen and oxygen atoms in total. The maximum Gasteiger partial charge on any atom is 0.246 e. The van der Waals surface area contributed by atoms with Gasteiger partial charge in [-0.15, -0.1) is 0 Å². The van der Waals surface area contributed by atoms with Gasteiger partial charge in [0, 0.05) is 31.7 Å². The molecule has 2 N–H and O–H groups in total. The van der Waals surface area contributed by atoms with E-state index in [1.807, 2.05) is 11.0 Å². The Labute approximate surface area is 154 Å². The van der Waals surface area contributed by atoms with E-state index in [9.17, 15) is 4.79 Å². The predicted molar refractivity (Wildman–Crippen MR) is 99.4 cm³/mol. The Bertz CT molecular complexity index is 733. The van der Waals surface area contributed by atoms with Gasteiger partial charge < -0.3 is 20.1 Å². The first-order chi connectivity index (χ1) is 12.6. The van der Waals surface area contributed by atoms with Gasteiger partial charge >= 0.3 is 0 Å². The fourth-order valence-electron chi connectivity index (χ4n) is 4.63. The molecule has 1 amide bonds. The van der Waals surface area contributed by atoms with E-state index in [1.54, 1.807) is 20.3 Å². The minimum atomic E-state index is -0.0225. The summed E-state index contributed by atoms with van der Waals surface area (Å²) in [5, 5.41) is 0. The summed E-state index contributed by atoms with van der Waals surface area (Å²) in [6.07, 6.45) is 6.37. The van der Waals surface area contributed by atoms with E-state index in [1.165, 1.54) is 11.1 Å². The Hall–Kier alpha value is -2.05. The molecule has 26 heavy (non-hydrogen) atoms. The number of amides is 1. The second kappa shape index (κ2) is 6.93. The lowest BCUT2D eigenvalue weighted by atomic mass is 9.82. The largest absolute Gasteiger partial charge is 0.493 e. The lowest BCUT2D eigenvalue weighted by molar-refractivity contribution is -0.131. The van der Waals surface area contributed by atoms with E-state index in [4.69, 9.17) is 15.2 Å². The number of ether oxygens (including phenoxy) is 2. The van der Waals surface area contributed by atoms with Crippen LogP contribution in [0.4, 0.5) is 0 Å². The third-order valence-corrected chi connectivity index (χ3v) is 6.01. The maximum atomic E-state index is 12.3. The van der Waals surface area contributed by atoms with Crippen LogP contribution >= 0.6 is 0 Å². The molecule has 0 saturated carbocycles. The van der Waals surface area contributed by atoms with Gasteiger partial charge in [-0.25, -0.2) is 0 Å². The fourth-order valence-corrected chi connectivity index (χ4v) is 4.63. The highest BCUT2D eigenvalue weighted by Gasteiger charge is 2.41. The molecule has 1 saturated heterocycles. The molecular formula is C20H27N3O3. The number of carbonyl (C=O) groups excluding carboxylic acids is 1. The summed E-state index contributed by atoms with van der Waals surface area (Å²) in [5.41, 5.74) is 9.16. The molecule has 0 radical (unpaired) electrons. The molecule has 1 fully saturated rings. The number of carbonyl (C=O) groups is 1. The summed E-state index contributed by atoms with van der Waals surface area (Å²) in [5.74, 6) is 1.64. The SMILES string of the molecule is COc1cc2c(cc1OC)C1CC(N)C(N3CCC=CC3=O)CN1CC2. The van der Waals surface area contributed by atoms with Crippen molar-refractivity contribution in [2.24, 2.45) is 5.73 Å². The Kier molecular flexibility index (Phi) is 4.63. The smallest absolute Gasteiger partial charge is 0.246 e. The maximum absolute atomic E-state index is 12.3. The van der Waals surface area contributed by atoms with Crippen LogP contribution in [-0.2, 0) is 11.2 Å². The van der Waals surface area contributed by atoms with Crippen molar-refractivity contribution in [3.05, 3.63) is 35.4 Å². The first-order valence-corrected chi connectivity index (χ1v) is 9.34. The molecule has 4 rings (SSSR count). The molecule has 140 valence electrons. The second-order valence-corrected chi connectivity index (χ2v) is 7.36. The molecular weight excluding hydrogens is 330 g/mol. The number of hydrogen-bond acceptors (Lipinski definition) is 5. The summed E-state index contributed by atoms with van der Waals surface area (Å²) in [6.45, 7) is 2.58. The van der Waals surface area contributed by atoms with Crippen molar-refractivity contribution in [1.29, 1.82) is 0 Å². The highest BCUT2D eigenvalue weighted by Crippen LogP contribution is 2.42. The van der Waals surface area contributed by atoms with Gasteiger partial charge in [-0.1, -0.05) is 6.08 Å². The summed E-state index contributed by atoms with van der Waals surface area (Å²) in [7, 11) is 3.34. The van der Waals surface area contributed by atoms with Gasteiger partial charge in [0.15, 0.2) is 11.5 Å². The first kappa shape index (κ1) is 17.4. The van der Waals surface area contributed by atoms with Gasteiger partial charge in [0.05, 0.1) is 20.3 Å². The number of methoxy groups -OCH3 is 2. The minimum Gasteiger partial charge on any atom is -0.493 e. The zero-order chi connectivity index (χ0) is 18.3. The monoisotopic (exact) mass is 357 g/mol. The third-order valence-electron chi connectivity index (χ3n) is 6.01. The summed E-state index contributed by atoms with van der Waals surface area (Å²) in [6, 6.07) is 4.55. The van der Waals surface area contributed by atoms with Gasteiger partial charge in [-0.3, -0.25) is 9.69 Å². The molecule has 0 aromatic heterocycles. The Morgan fingerprint density at radius 2 is 1.92 bits per heavy atom. The van der Waals surface area contributed by atoms with Crippen LogP contribution in [0.2, 0.25) is 0 Å². The first-order valence-electron chi connectivity index (χ1n) is 9.34. The van der Waals surface area contributed by atoms with Gasteiger partial charge in [-0.05, 0) is 48.6 Å². The standard InChI is InChI=1S/C20H27N3O3/c1-25-18-9-13-6-8-22-12-17(23-7-4-3-5-20(23)24)15(21)11-16(22)14(13)10-19(18)26-2/h3,5,9-10,15-17H,4,6-8,11-12,21H2,1-2H3. The van der Waals surface area contributed by atoms with E-state index in [0.29, 0.717) is 0 Å². The predicted octanol–water partition coefficient (Wildman–Crippen LogP) is 1.49. The van der Waals surface area contributed by atoms with Crippen molar-refractivity contribution < 1.29 is 14.3 Å². The summed E-state index contributed by atoms with van der Waals surface area (Å²) in [4.78, 5) is 16.7. The van der Waals surface area contributed by atoms with E-state index >= 15 is 0 Å². The lowest BCUT2D eigenvalue weighted by Gasteiger charge is -2.49. The Morgan fingerprint density at radius 1 is 1.15 bits per heavy atom. The van der Waals surface area contributed by atoms with Crippen LogP contribution in [0.15, 0.2) is 24.3 Å². The van der Waals surface area contributed by atoms with Gasteiger partial charge in [-0.2, -0.15) is 0 Å². The minimum absolute atomic E-state index is 0.0225. The molecule has 1 aromatic carbocycles. The van der Waals surface area contributed by atoms with Crippen LogP contribution in [0.1, 0.15) is 30.0 Å². The van der Waals surface area contributed by atoms with Crippen LogP contribution in [0.25, 0.3) is 0 Å². The number of benzene rings is 1. The van der Waals surface area contributed by atoms with Gasteiger partial charge in [0.25, 0.3) is 0 Å². The number of nitrogens with two attached hydrogens (primary N) is 1. The third kappa shape index (κ3) is 2.87. The van der Waals surface area contributed by atoms with E-state index in [0.717, 1.165) is 50.4 Å². The van der Waals surface area contributed by atoms with Gasteiger partial charge in [0.2, 0.25) is 5.91 Å². The van der Waals surface area contributed by atoms with Crippen molar-refractivity contribution in [2.45, 2.75) is 37.4 Å². The van der Waals surface area contributed by atoms with Crippen molar-refractivity contribution in [1.82, 2.24) is 9.80 Å². The highest BCUT2D eigenvalue weighted by atomic mass is 16.5. The van der Waals surface area contributed by atoms with Crippen LogP contribution in [0, 0.1) is 0 Å². The molecule has 3 atom stereocenters. The Morgan fingerprint density at radius 3 is 2.65 bits per heavy atom. The van der Waals surface area contributed by atoms with Crippen molar-refractivity contribution in [2.75, 3.05) is 33.9 Å². The molecule has 0 spiro atoms. The normalized spacial score (nSPS) is 28.5. The molecule has 1 aromatic rings. The zero-order valence-corrected chi connectivity index (χ0v) is 15.5. The number of piperidine rings is 1. The van der Waals surface area contributed by atoms with Crippen molar-refractivity contribution >= 4 is 5.91 Å². The zero-order valence-electron chi connectivity index (χ0n) is 15.5. The number of fused-ring (bicyclic) bond motifs is 3. The van der Waals surface area contributed by atoms with Crippen LogP contribution in [-0.4, -0.2) is 61.6 Å². The topological polar surface area (TPSA) is 68.0 Å². The number of nitrogens with zero attached hydrogens (tertiary/aromatic N) is 2. The highest BCUT2D eigenvalue weighted by molar-refractivity contribution is 5.88. The summed E-state index contributed by atoms with van der Waals surface area (Å²) < 4.78 is 11.0. The Balaban J connectivity index is 1.60. The summed E-state index contributed by atoms with van der Waals surface area (Å²) >= 11 is 0. The molecule has 3 aliphatic heterocycles. The van der Waals surface area contributed by atoms with Crippen molar-refractivity contribution in [3.63, 3.8) is 0 Å². The number of rotatable bonds is 3. The second-order valence-electron chi connectivity index (χ2n) is 7.36. The molecule has 3 aliphatic rings.